The predicted octanol–water partition coefficient (Wildman–Crippen LogP) is 4.74. The van der Waals surface area contributed by atoms with E-state index in [0.29, 0.717) is 23.5 Å². The van der Waals surface area contributed by atoms with E-state index in [0.717, 1.165) is 10.0 Å². The molecule has 0 saturated heterocycles. The first-order valence-electron chi connectivity index (χ1n) is 9.09. The van der Waals surface area contributed by atoms with E-state index >= 15 is 0 Å². The maximum absolute atomic E-state index is 12.7. The molecule has 3 rings (SSSR count). The number of anilines is 1. The van der Waals surface area contributed by atoms with Gasteiger partial charge in [-0.3, -0.25) is 9.59 Å². The van der Waals surface area contributed by atoms with E-state index in [9.17, 15) is 9.59 Å². The summed E-state index contributed by atoms with van der Waals surface area (Å²) in [4.78, 5) is 26.5. The van der Waals surface area contributed by atoms with Crippen LogP contribution in [0.25, 0.3) is 0 Å². The molecule has 0 aliphatic rings. The average Bonchev–Trinajstić information content (AvgIpc) is 2.73. The lowest BCUT2D eigenvalue weighted by atomic mass is 10.1. The third-order valence-electron chi connectivity index (χ3n) is 4.19. The van der Waals surface area contributed by atoms with Crippen LogP contribution in [0.4, 0.5) is 5.69 Å². The summed E-state index contributed by atoms with van der Waals surface area (Å²) in [6.07, 6.45) is 0. The number of carbonyl (C=O) groups is 2. The maximum atomic E-state index is 12.7. The van der Waals surface area contributed by atoms with Crippen LogP contribution in [-0.4, -0.2) is 30.4 Å². The second kappa shape index (κ2) is 9.89. The molecule has 5 nitrogen and oxygen atoms in total. The number of hydrogen-bond donors (Lipinski definition) is 1. The van der Waals surface area contributed by atoms with Crippen molar-refractivity contribution >= 4 is 33.4 Å². The van der Waals surface area contributed by atoms with Gasteiger partial charge in [-0.25, -0.2) is 0 Å². The minimum Gasteiger partial charge on any atom is -0.484 e. The Morgan fingerprint density at radius 3 is 2.41 bits per heavy atom. The molecule has 0 aromatic heterocycles. The highest BCUT2D eigenvalue weighted by Gasteiger charge is 2.13. The summed E-state index contributed by atoms with van der Waals surface area (Å²) in [5.41, 5.74) is 2.11. The minimum atomic E-state index is -0.296. The van der Waals surface area contributed by atoms with Crippen LogP contribution >= 0.6 is 15.9 Å². The van der Waals surface area contributed by atoms with Gasteiger partial charge in [-0.15, -0.1) is 0 Å². The molecule has 0 aliphatic carbocycles. The molecule has 6 heteroatoms. The fourth-order valence-corrected chi connectivity index (χ4v) is 3.02. The van der Waals surface area contributed by atoms with Crippen molar-refractivity contribution in [2.75, 3.05) is 19.0 Å². The van der Waals surface area contributed by atoms with Crippen molar-refractivity contribution in [3.8, 4) is 5.75 Å². The number of amides is 2. The van der Waals surface area contributed by atoms with Crippen molar-refractivity contribution in [2.45, 2.75) is 6.54 Å². The lowest BCUT2D eigenvalue weighted by Crippen LogP contribution is -2.26. The number of benzene rings is 3. The molecule has 1 N–H and O–H groups in total. The summed E-state index contributed by atoms with van der Waals surface area (Å²) in [6, 6.07) is 23.9. The summed E-state index contributed by atoms with van der Waals surface area (Å²) < 4.78 is 6.41. The summed E-state index contributed by atoms with van der Waals surface area (Å²) in [5.74, 6) is 0.195. The predicted molar refractivity (Wildman–Crippen MR) is 117 cm³/mol. The van der Waals surface area contributed by atoms with Crippen molar-refractivity contribution in [3.05, 3.63) is 94.5 Å². The van der Waals surface area contributed by atoms with Gasteiger partial charge in [0.1, 0.15) is 5.75 Å². The lowest BCUT2D eigenvalue weighted by molar-refractivity contribution is -0.118. The summed E-state index contributed by atoms with van der Waals surface area (Å²) in [6.45, 7) is 0.394. The molecule has 0 aliphatic heterocycles. The van der Waals surface area contributed by atoms with Crippen molar-refractivity contribution < 1.29 is 14.3 Å². The Morgan fingerprint density at radius 1 is 0.966 bits per heavy atom. The smallest absolute Gasteiger partial charge is 0.262 e. The lowest BCUT2D eigenvalue weighted by Gasteiger charge is -2.18. The van der Waals surface area contributed by atoms with Gasteiger partial charge in [0.15, 0.2) is 6.61 Å². The van der Waals surface area contributed by atoms with Crippen LogP contribution in [0, 0.1) is 0 Å². The number of nitrogens with zero attached hydrogens (tertiary/aromatic N) is 1. The van der Waals surface area contributed by atoms with Gasteiger partial charge >= 0.3 is 0 Å². The molecule has 0 radical (unpaired) electrons. The van der Waals surface area contributed by atoms with Crippen LogP contribution in [0.2, 0.25) is 0 Å². The second-order valence-corrected chi connectivity index (χ2v) is 7.43. The molecule has 0 bridgehead atoms. The number of carbonyl (C=O) groups excluding carboxylic acids is 2. The fraction of sp³-hybridized carbons (Fsp3) is 0.130. The highest BCUT2D eigenvalue weighted by atomic mass is 79.9. The third kappa shape index (κ3) is 6.19. The largest absolute Gasteiger partial charge is 0.484 e. The van der Waals surface area contributed by atoms with Gasteiger partial charge in [0.05, 0.1) is 0 Å². The van der Waals surface area contributed by atoms with Crippen LogP contribution in [-0.2, 0) is 11.3 Å². The van der Waals surface area contributed by atoms with Crippen molar-refractivity contribution in [1.29, 1.82) is 0 Å². The van der Waals surface area contributed by atoms with Gasteiger partial charge in [-0.05, 0) is 48.0 Å². The highest BCUT2D eigenvalue weighted by Crippen LogP contribution is 2.17. The molecular formula is C23H21BrN2O3. The molecule has 0 fully saturated rings. The molecule has 0 unspecified atom stereocenters. The molecule has 0 saturated carbocycles. The molecule has 0 heterocycles. The average molecular weight is 453 g/mol. The summed E-state index contributed by atoms with van der Waals surface area (Å²) in [7, 11) is 1.76. The third-order valence-corrected chi connectivity index (χ3v) is 4.71. The molecule has 29 heavy (non-hydrogen) atoms. The Labute approximate surface area is 178 Å². The molecule has 3 aromatic carbocycles. The number of halogens is 1. The normalized spacial score (nSPS) is 10.3. The van der Waals surface area contributed by atoms with Crippen LogP contribution < -0.4 is 10.1 Å². The number of hydrogen-bond acceptors (Lipinski definition) is 3. The first-order chi connectivity index (χ1) is 14.0. The van der Waals surface area contributed by atoms with E-state index in [2.05, 4.69) is 21.2 Å². The van der Waals surface area contributed by atoms with Crippen LogP contribution in [0.15, 0.2) is 83.3 Å². The van der Waals surface area contributed by atoms with Crippen molar-refractivity contribution in [2.24, 2.45) is 0 Å². The Bertz CT molecular complexity index is 975. The number of nitrogens with one attached hydrogen (secondary N) is 1. The zero-order chi connectivity index (χ0) is 20.6. The standard InChI is InChI=1S/C23H21BrN2O3/c1-26(15-17-6-3-2-4-7-17)23(28)18-8-5-9-20(14-18)25-22(27)16-29-21-12-10-19(24)11-13-21/h2-14H,15-16H2,1H3,(H,25,27). The molecule has 0 spiro atoms. The Hall–Kier alpha value is -3.12. The van der Waals surface area contributed by atoms with Gasteiger partial charge in [0, 0.05) is 29.3 Å². The Morgan fingerprint density at radius 2 is 1.69 bits per heavy atom. The zero-order valence-corrected chi connectivity index (χ0v) is 17.6. The van der Waals surface area contributed by atoms with E-state index in [1.54, 1.807) is 48.3 Å². The van der Waals surface area contributed by atoms with Crippen LogP contribution in [0.1, 0.15) is 15.9 Å². The SMILES string of the molecule is CN(Cc1ccccc1)C(=O)c1cccc(NC(=O)COc2ccc(Br)cc2)c1. The molecule has 3 aromatic rings. The molecule has 148 valence electrons. The number of ether oxygens (including phenoxy) is 1. The first-order valence-corrected chi connectivity index (χ1v) is 9.88. The molecular weight excluding hydrogens is 432 g/mol. The monoisotopic (exact) mass is 452 g/mol. The zero-order valence-electron chi connectivity index (χ0n) is 16.0. The number of rotatable bonds is 7. The second-order valence-electron chi connectivity index (χ2n) is 6.52. The topological polar surface area (TPSA) is 58.6 Å². The fourth-order valence-electron chi connectivity index (χ4n) is 2.76. The van der Waals surface area contributed by atoms with E-state index in [1.165, 1.54) is 0 Å². The van der Waals surface area contributed by atoms with E-state index < -0.39 is 0 Å². The first kappa shape index (κ1) is 20.6. The molecule has 2 amide bonds. The summed E-state index contributed by atoms with van der Waals surface area (Å²) >= 11 is 3.35. The van der Waals surface area contributed by atoms with Crippen molar-refractivity contribution in [3.63, 3.8) is 0 Å². The maximum Gasteiger partial charge on any atom is 0.262 e. The quantitative estimate of drug-likeness (QED) is 0.563. The van der Waals surface area contributed by atoms with Gasteiger partial charge in [-0.2, -0.15) is 0 Å². The van der Waals surface area contributed by atoms with Crippen LogP contribution in [0.5, 0.6) is 5.75 Å². The van der Waals surface area contributed by atoms with E-state index in [-0.39, 0.29) is 18.4 Å². The Balaban J connectivity index is 1.57. The van der Waals surface area contributed by atoms with Crippen LogP contribution in [0.3, 0.4) is 0 Å². The summed E-state index contributed by atoms with van der Waals surface area (Å²) in [5, 5.41) is 2.76. The minimum absolute atomic E-state index is 0.115. The highest BCUT2D eigenvalue weighted by molar-refractivity contribution is 9.10. The van der Waals surface area contributed by atoms with Gasteiger partial charge in [0.2, 0.25) is 0 Å². The van der Waals surface area contributed by atoms with E-state index in [4.69, 9.17) is 4.74 Å². The van der Waals surface area contributed by atoms with Gasteiger partial charge in [-0.1, -0.05) is 52.3 Å². The van der Waals surface area contributed by atoms with Gasteiger partial charge < -0.3 is 15.0 Å². The molecule has 0 atom stereocenters. The van der Waals surface area contributed by atoms with Gasteiger partial charge in [0.25, 0.3) is 11.8 Å². The Kier molecular flexibility index (Phi) is 7.03. The van der Waals surface area contributed by atoms with Crippen molar-refractivity contribution in [1.82, 2.24) is 4.90 Å². The van der Waals surface area contributed by atoms with E-state index in [1.807, 2.05) is 42.5 Å².